The second-order valence-corrected chi connectivity index (χ2v) is 5.63. The normalized spacial score (nSPS) is 10.5. The molecule has 0 aliphatic carbocycles. The van der Waals surface area contributed by atoms with Crippen molar-refractivity contribution < 1.29 is 9.90 Å². The molecule has 0 spiro atoms. The maximum Gasteiger partial charge on any atom is 0.354 e. The molecule has 0 bridgehead atoms. The number of carboxylic acid groups (broad SMARTS) is 1. The Bertz CT molecular complexity index is 634. The predicted octanol–water partition coefficient (Wildman–Crippen LogP) is 4.00. The molecule has 0 unspecified atom stereocenters. The molecule has 0 saturated heterocycles. The van der Waals surface area contributed by atoms with E-state index >= 15 is 0 Å². The summed E-state index contributed by atoms with van der Waals surface area (Å²) in [6, 6.07) is 7.05. The first-order valence-corrected chi connectivity index (χ1v) is 7.46. The van der Waals surface area contributed by atoms with Crippen molar-refractivity contribution >= 4 is 29.3 Å². The molecule has 0 fully saturated rings. The number of aromatic carboxylic acids is 1. The van der Waals surface area contributed by atoms with Crippen LogP contribution in [-0.4, -0.2) is 26.8 Å². The van der Waals surface area contributed by atoms with Crippen LogP contribution < -0.4 is 0 Å². The summed E-state index contributed by atoms with van der Waals surface area (Å²) in [6.07, 6.45) is 2.32. The monoisotopic (exact) mass is 308 g/mol. The SMILES string of the molecule is CCCSc1ccc(-c2cc(C(=O)O)ncn2)cc1Cl. The Morgan fingerprint density at radius 2 is 2.15 bits per heavy atom. The summed E-state index contributed by atoms with van der Waals surface area (Å²) in [6.45, 7) is 2.11. The summed E-state index contributed by atoms with van der Waals surface area (Å²) in [5, 5.41) is 9.58. The molecule has 0 atom stereocenters. The highest BCUT2D eigenvalue weighted by Gasteiger charge is 2.09. The molecule has 2 aromatic rings. The largest absolute Gasteiger partial charge is 0.477 e. The molecule has 2 rings (SSSR count). The van der Waals surface area contributed by atoms with Gasteiger partial charge in [-0.3, -0.25) is 0 Å². The van der Waals surface area contributed by atoms with Crippen LogP contribution in [0.15, 0.2) is 35.5 Å². The summed E-state index contributed by atoms with van der Waals surface area (Å²) in [7, 11) is 0. The molecule has 0 aliphatic rings. The highest BCUT2D eigenvalue weighted by Crippen LogP contribution is 2.31. The summed E-state index contributed by atoms with van der Waals surface area (Å²) < 4.78 is 0. The molecule has 0 amide bonds. The van der Waals surface area contributed by atoms with Gasteiger partial charge in [0.1, 0.15) is 6.33 Å². The zero-order valence-electron chi connectivity index (χ0n) is 10.8. The summed E-state index contributed by atoms with van der Waals surface area (Å²) in [4.78, 5) is 19.7. The smallest absolute Gasteiger partial charge is 0.354 e. The molecular weight excluding hydrogens is 296 g/mol. The Hall–Kier alpha value is -1.59. The molecule has 4 nitrogen and oxygen atoms in total. The fourth-order valence-electron chi connectivity index (χ4n) is 1.62. The van der Waals surface area contributed by atoms with E-state index in [1.54, 1.807) is 17.8 Å². The third-order valence-electron chi connectivity index (χ3n) is 2.58. The lowest BCUT2D eigenvalue weighted by molar-refractivity contribution is 0.0690. The highest BCUT2D eigenvalue weighted by atomic mass is 35.5. The first kappa shape index (κ1) is 14.8. The van der Waals surface area contributed by atoms with Crippen LogP contribution in [0.4, 0.5) is 0 Å². The zero-order valence-corrected chi connectivity index (χ0v) is 12.4. The van der Waals surface area contributed by atoms with Gasteiger partial charge < -0.3 is 5.11 Å². The van der Waals surface area contributed by atoms with Crippen LogP contribution in [0.1, 0.15) is 23.8 Å². The number of carboxylic acids is 1. The van der Waals surface area contributed by atoms with E-state index in [0.29, 0.717) is 10.7 Å². The summed E-state index contributed by atoms with van der Waals surface area (Å²) >= 11 is 7.94. The minimum atomic E-state index is -1.07. The number of aromatic nitrogens is 2. The summed E-state index contributed by atoms with van der Waals surface area (Å²) in [5.41, 5.74) is 1.29. The minimum Gasteiger partial charge on any atom is -0.477 e. The first-order valence-electron chi connectivity index (χ1n) is 6.10. The molecule has 1 heterocycles. The maximum absolute atomic E-state index is 10.9. The van der Waals surface area contributed by atoms with Crippen molar-refractivity contribution in [3.8, 4) is 11.3 Å². The Labute approximate surface area is 126 Å². The number of benzene rings is 1. The molecule has 0 radical (unpaired) electrons. The van der Waals surface area contributed by atoms with Crippen LogP contribution in [0.25, 0.3) is 11.3 Å². The topological polar surface area (TPSA) is 63.1 Å². The van der Waals surface area contributed by atoms with Crippen molar-refractivity contribution in [2.45, 2.75) is 18.2 Å². The second kappa shape index (κ2) is 6.72. The van der Waals surface area contributed by atoms with Crippen molar-refractivity contribution in [3.63, 3.8) is 0 Å². The molecular formula is C14H13ClN2O2S. The average Bonchev–Trinajstić information content (AvgIpc) is 2.46. The van der Waals surface area contributed by atoms with Gasteiger partial charge in [-0.25, -0.2) is 14.8 Å². The van der Waals surface area contributed by atoms with Crippen molar-refractivity contribution in [1.29, 1.82) is 0 Å². The lowest BCUT2D eigenvalue weighted by Gasteiger charge is -2.06. The number of rotatable bonds is 5. The molecule has 1 N–H and O–H groups in total. The molecule has 0 aliphatic heterocycles. The molecule has 0 saturated carbocycles. The third-order valence-corrected chi connectivity index (χ3v) is 4.28. The lowest BCUT2D eigenvalue weighted by Crippen LogP contribution is -2.01. The fourth-order valence-corrected chi connectivity index (χ4v) is 2.75. The van der Waals surface area contributed by atoms with Gasteiger partial charge >= 0.3 is 5.97 Å². The Morgan fingerprint density at radius 1 is 1.35 bits per heavy atom. The second-order valence-electron chi connectivity index (χ2n) is 4.09. The van der Waals surface area contributed by atoms with Crippen molar-refractivity contribution in [2.75, 3.05) is 5.75 Å². The molecule has 1 aromatic heterocycles. The Morgan fingerprint density at radius 3 is 2.80 bits per heavy atom. The number of halogens is 1. The van der Waals surface area contributed by atoms with Gasteiger partial charge in [-0.2, -0.15) is 0 Å². The van der Waals surface area contributed by atoms with Gasteiger partial charge in [-0.1, -0.05) is 24.6 Å². The summed E-state index contributed by atoms with van der Waals surface area (Å²) in [5.74, 6) is -0.0645. The minimum absolute atomic E-state index is 0.0319. The molecule has 1 aromatic carbocycles. The Kier molecular flexibility index (Phi) is 4.98. The number of thioether (sulfide) groups is 1. The lowest BCUT2D eigenvalue weighted by atomic mass is 10.1. The van der Waals surface area contributed by atoms with Crippen LogP contribution in [-0.2, 0) is 0 Å². The fraction of sp³-hybridized carbons (Fsp3) is 0.214. The van der Waals surface area contributed by atoms with Crippen molar-refractivity contribution in [2.24, 2.45) is 0 Å². The van der Waals surface area contributed by atoms with Crippen LogP contribution in [0, 0.1) is 0 Å². The first-order chi connectivity index (χ1) is 9.61. The number of hydrogen-bond acceptors (Lipinski definition) is 4. The van der Waals surface area contributed by atoms with Crippen LogP contribution in [0.2, 0.25) is 5.02 Å². The van der Waals surface area contributed by atoms with Gasteiger partial charge in [-0.15, -0.1) is 11.8 Å². The van der Waals surface area contributed by atoms with Crippen LogP contribution >= 0.6 is 23.4 Å². The van der Waals surface area contributed by atoms with Gasteiger partial charge in [0.05, 0.1) is 10.7 Å². The quantitative estimate of drug-likeness (QED) is 0.846. The number of nitrogens with zero attached hydrogens (tertiary/aromatic N) is 2. The van der Waals surface area contributed by atoms with E-state index in [-0.39, 0.29) is 5.69 Å². The van der Waals surface area contributed by atoms with E-state index < -0.39 is 5.97 Å². The van der Waals surface area contributed by atoms with Crippen molar-refractivity contribution in [1.82, 2.24) is 9.97 Å². The van der Waals surface area contributed by atoms with E-state index in [2.05, 4.69) is 16.9 Å². The standard InChI is InChI=1S/C14H13ClN2O2S/c1-2-5-20-13-4-3-9(6-10(13)15)11-7-12(14(18)19)17-8-16-11/h3-4,6-8H,2,5H2,1H3,(H,18,19). The molecule has 20 heavy (non-hydrogen) atoms. The predicted molar refractivity (Wildman–Crippen MR) is 80.5 cm³/mol. The van der Waals surface area contributed by atoms with Gasteiger partial charge in [0, 0.05) is 10.5 Å². The van der Waals surface area contributed by atoms with E-state index in [9.17, 15) is 4.79 Å². The van der Waals surface area contributed by atoms with E-state index in [0.717, 1.165) is 22.6 Å². The van der Waals surface area contributed by atoms with Crippen molar-refractivity contribution in [3.05, 3.63) is 41.3 Å². The molecule has 6 heteroatoms. The van der Waals surface area contributed by atoms with Gasteiger partial charge in [0.2, 0.25) is 0 Å². The highest BCUT2D eigenvalue weighted by molar-refractivity contribution is 7.99. The van der Waals surface area contributed by atoms with Gasteiger partial charge in [0.15, 0.2) is 5.69 Å². The molecule has 104 valence electrons. The van der Waals surface area contributed by atoms with Gasteiger partial charge in [0.25, 0.3) is 0 Å². The maximum atomic E-state index is 10.9. The van der Waals surface area contributed by atoms with Crippen LogP contribution in [0.3, 0.4) is 0 Å². The van der Waals surface area contributed by atoms with E-state index in [1.165, 1.54) is 12.4 Å². The van der Waals surface area contributed by atoms with Crippen LogP contribution in [0.5, 0.6) is 0 Å². The number of hydrogen-bond donors (Lipinski definition) is 1. The number of carbonyl (C=O) groups is 1. The van der Waals surface area contributed by atoms with Gasteiger partial charge in [-0.05, 0) is 30.4 Å². The van der Waals surface area contributed by atoms with E-state index in [4.69, 9.17) is 16.7 Å². The van der Waals surface area contributed by atoms with E-state index in [1.807, 2.05) is 12.1 Å². The Balaban J connectivity index is 2.31. The zero-order chi connectivity index (χ0) is 14.5. The average molecular weight is 309 g/mol. The third kappa shape index (κ3) is 3.49.